The molecule has 4 aromatic rings. The molecule has 5 rings (SSSR count). The number of benzene rings is 1. The van der Waals surface area contributed by atoms with Crippen molar-refractivity contribution >= 4 is 31.8 Å². The SMILES string of the molecule is CCS(=O)(=O)c1c(-c2nc3cnc4c(C(F)(F)F)cccc4c3n2C)nc2n1CCCC2. The maximum absolute atomic E-state index is 13.5. The quantitative estimate of drug-likeness (QED) is 0.456. The van der Waals surface area contributed by atoms with Gasteiger partial charge in [0.05, 0.1) is 28.5 Å². The van der Waals surface area contributed by atoms with Gasteiger partial charge in [-0.1, -0.05) is 19.1 Å². The first kappa shape index (κ1) is 20.9. The first-order valence-corrected chi connectivity index (χ1v) is 11.9. The number of aromatic nitrogens is 5. The van der Waals surface area contributed by atoms with Crippen LogP contribution in [0, 0.1) is 0 Å². The first-order chi connectivity index (χ1) is 15.1. The number of aryl methyl sites for hydroxylation is 2. The van der Waals surface area contributed by atoms with Gasteiger partial charge in [-0.25, -0.2) is 18.4 Å². The molecule has 3 aromatic heterocycles. The van der Waals surface area contributed by atoms with Gasteiger partial charge in [-0.15, -0.1) is 0 Å². The van der Waals surface area contributed by atoms with E-state index < -0.39 is 21.6 Å². The smallest absolute Gasteiger partial charge is 0.325 e. The van der Waals surface area contributed by atoms with Gasteiger partial charge in [0.25, 0.3) is 0 Å². The normalized spacial score (nSPS) is 14.9. The molecule has 0 unspecified atom stereocenters. The molecule has 0 amide bonds. The van der Waals surface area contributed by atoms with Crippen LogP contribution in [0.25, 0.3) is 33.5 Å². The Balaban J connectivity index is 1.83. The highest BCUT2D eigenvalue weighted by molar-refractivity contribution is 7.91. The average molecular weight is 463 g/mol. The van der Waals surface area contributed by atoms with E-state index in [0.29, 0.717) is 41.0 Å². The van der Waals surface area contributed by atoms with Crippen LogP contribution in [0.15, 0.2) is 29.4 Å². The van der Waals surface area contributed by atoms with Gasteiger partial charge in [0.2, 0.25) is 0 Å². The maximum atomic E-state index is 13.5. The zero-order valence-electron chi connectivity index (χ0n) is 17.4. The topological polar surface area (TPSA) is 82.7 Å². The van der Waals surface area contributed by atoms with Gasteiger partial charge >= 0.3 is 6.18 Å². The summed E-state index contributed by atoms with van der Waals surface area (Å²) in [5.41, 5.74) is 0.0589. The monoisotopic (exact) mass is 463 g/mol. The molecular formula is C21H20F3N5O2S. The number of nitrogens with zero attached hydrogens (tertiary/aromatic N) is 5. The predicted octanol–water partition coefficient (Wildman–Crippen LogP) is 4.13. The lowest BCUT2D eigenvalue weighted by molar-refractivity contribution is -0.136. The van der Waals surface area contributed by atoms with Crippen LogP contribution in [0.2, 0.25) is 0 Å². The lowest BCUT2D eigenvalue weighted by Gasteiger charge is -2.16. The third-order valence-corrected chi connectivity index (χ3v) is 7.72. The van der Waals surface area contributed by atoms with E-state index in [-0.39, 0.29) is 22.0 Å². The van der Waals surface area contributed by atoms with Gasteiger partial charge in [0.15, 0.2) is 20.7 Å². The molecule has 0 atom stereocenters. The van der Waals surface area contributed by atoms with Crippen molar-refractivity contribution < 1.29 is 21.6 Å². The van der Waals surface area contributed by atoms with E-state index in [1.807, 2.05) is 0 Å². The second kappa shape index (κ2) is 7.03. The summed E-state index contributed by atoms with van der Waals surface area (Å²) in [6, 6.07) is 3.89. The van der Waals surface area contributed by atoms with Crippen LogP contribution >= 0.6 is 0 Å². The van der Waals surface area contributed by atoms with Crippen molar-refractivity contribution in [3.8, 4) is 11.5 Å². The number of sulfone groups is 1. The molecule has 32 heavy (non-hydrogen) atoms. The zero-order valence-corrected chi connectivity index (χ0v) is 18.3. The van der Waals surface area contributed by atoms with Crippen molar-refractivity contribution in [1.29, 1.82) is 0 Å². The second-order valence-corrected chi connectivity index (χ2v) is 10.1. The fourth-order valence-electron chi connectivity index (χ4n) is 4.42. The molecule has 1 aliphatic heterocycles. The Morgan fingerprint density at radius 2 is 1.94 bits per heavy atom. The van der Waals surface area contributed by atoms with Crippen molar-refractivity contribution in [2.75, 3.05) is 5.75 Å². The van der Waals surface area contributed by atoms with E-state index in [2.05, 4.69) is 15.0 Å². The van der Waals surface area contributed by atoms with Crippen molar-refractivity contribution in [2.24, 2.45) is 7.05 Å². The zero-order chi connectivity index (χ0) is 22.8. The van der Waals surface area contributed by atoms with E-state index in [1.54, 1.807) is 29.2 Å². The molecule has 0 fully saturated rings. The molecule has 4 heterocycles. The standard InChI is InChI=1S/C21H20F3N5O2S/c1-3-32(30,31)20-17(27-15-9-4-5-10-29(15)20)19-26-14-11-25-16-12(18(14)28(19)2)7-6-8-13(16)21(22,23)24/h6-8,11H,3-5,9-10H2,1-2H3. The highest BCUT2D eigenvalue weighted by Gasteiger charge is 2.34. The summed E-state index contributed by atoms with van der Waals surface area (Å²) in [5.74, 6) is 0.891. The number of alkyl halides is 3. The lowest BCUT2D eigenvalue weighted by atomic mass is 10.1. The van der Waals surface area contributed by atoms with Crippen LogP contribution in [0.5, 0.6) is 0 Å². The van der Waals surface area contributed by atoms with E-state index in [4.69, 9.17) is 0 Å². The summed E-state index contributed by atoms with van der Waals surface area (Å²) < 4.78 is 69.8. The van der Waals surface area contributed by atoms with E-state index in [9.17, 15) is 21.6 Å². The molecular weight excluding hydrogens is 443 g/mol. The summed E-state index contributed by atoms with van der Waals surface area (Å²) >= 11 is 0. The fourth-order valence-corrected chi connectivity index (χ4v) is 5.66. The van der Waals surface area contributed by atoms with Crippen LogP contribution < -0.4 is 0 Å². The molecule has 0 radical (unpaired) electrons. The van der Waals surface area contributed by atoms with Gasteiger partial charge < -0.3 is 9.13 Å². The highest BCUT2D eigenvalue weighted by atomic mass is 32.2. The minimum absolute atomic E-state index is 0.0888. The molecule has 0 bridgehead atoms. The van der Waals surface area contributed by atoms with Crippen LogP contribution in [-0.4, -0.2) is 38.3 Å². The molecule has 168 valence electrons. The Morgan fingerprint density at radius 3 is 2.66 bits per heavy atom. The molecule has 11 heteroatoms. The number of hydrogen-bond donors (Lipinski definition) is 0. The van der Waals surface area contributed by atoms with Crippen molar-refractivity contribution in [2.45, 2.75) is 43.9 Å². The lowest BCUT2D eigenvalue weighted by Crippen LogP contribution is -2.17. The van der Waals surface area contributed by atoms with Crippen LogP contribution in [-0.2, 0) is 36.0 Å². The number of imidazole rings is 2. The summed E-state index contributed by atoms with van der Waals surface area (Å²) in [4.78, 5) is 13.2. The summed E-state index contributed by atoms with van der Waals surface area (Å²) in [6.45, 7) is 2.13. The number of pyridine rings is 1. The van der Waals surface area contributed by atoms with Crippen molar-refractivity contribution in [3.05, 3.63) is 35.8 Å². The number of hydrogen-bond acceptors (Lipinski definition) is 5. The average Bonchev–Trinajstić information content (AvgIpc) is 3.31. The van der Waals surface area contributed by atoms with Gasteiger partial charge in [-0.3, -0.25) is 4.98 Å². The van der Waals surface area contributed by atoms with E-state index >= 15 is 0 Å². The minimum atomic E-state index is -4.55. The highest BCUT2D eigenvalue weighted by Crippen LogP contribution is 2.38. The third-order valence-electron chi connectivity index (χ3n) is 5.95. The van der Waals surface area contributed by atoms with E-state index in [1.165, 1.54) is 12.3 Å². The molecule has 0 spiro atoms. The molecule has 0 N–H and O–H groups in total. The Hall–Kier alpha value is -2.95. The van der Waals surface area contributed by atoms with Crippen LogP contribution in [0.4, 0.5) is 13.2 Å². The second-order valence-electron chi connectivity index (χ2n) is 7.88. The van der Waals surface area contributed by atoms with Gasteiger partial charge in [0, 0.05) is 25.4 Å². The molecule has 0 saturated heterocycles. The molecule has 1 aromatic carbocycles. The van der Waals surface area contributed by atoms with Crippen molar-refractivity contribution in [3.63, 3.8) is 0 Å². The summed E-state index contributed by atoms with van der Waals surface area (Å²) in [5, 5.41) is 0.420. The van der Waals surface area contributed by atoms with Gasteiger partial charge in [-0.05, 0) is 18.9 Å². The molecule has 7 nitrogen and oxygen atoms in total. The number of fused-ring (bicyclic) bond motifs is 4. The molecule has 0 saturated carbocycles. The van der Waals surface area contributed by atoms with Gasteiger partial charge in [0.1, 0.15) is 17.0 Å². The Kier molecular flexibility index (Phi) is 4.59. The number of para-hydroxylation sites is 1. The molecule has 0 aliphatic carbocycles. The summed E-state index contributed by atoms with van der Waals surface area (Å²) in [6.07, 6.45) is -0.825. The third kappa shape index (κ3) is 3.01. The fraction of sp³-hybridized carbons (Fsp3) is 0.381. The Bertz CT molecular complexity index is 1490. The maximum Gasteiger partial charge on any atom is 0.418 e. The van der Waals surface area contributed by atoms with Crippen LogP contribution in [0.1, 0.15) is 31.2 Å². The van der Waals surface area contributed by atoms with Crippen molar-refractivity contribution in [1.82, 2.24) is 24.1 Å². The number of rotatable bonds is 3. The first-order valence-electron chi connectivity index (χ1n) is 10.3. The Labute approximate surface area is 181 Å². The summed E-state index contributed by atoms with van der Waals surface area (Å²) in [7, 11) is -1.96. The number of halogens is 3. The Morgan fingerprint density at radius 1 is 1.16 bits per heavy atom. The predicted molar refractivity (Wildman–Crippen MR) is 113 cm³/mol. The minimum Gasteiger partial charge on any atom is -0.325 e. The van der Waals surface area contributed by atoms with E-state index in [0.717, 1.165) is 18.9 Å². The molecule has 1 aliphatic rings. The van der Waals surface area contributed by atoms with Gasteiger partial charge in [-0.2, -0.15) is 13.2 Å². The van der Waals surface area contributed by atoms with Crippen LogP contribution in [0.3, 0.4) is 0 Å². The largest absolute Gasteiger partial charge is 0.418 e.